The molecule has 0 bridgehead atoms. The molecule has 0 aliphatic rings. The monoisotopic (exact) mass is 271 g/mol. The van der Waals surface area contributed by atoms with Crippen LogP contribution >= 0.6 is 12.4 Å². The molecule has 0 radical (unpaired) electrons. The molecule has 0 aliphatic carbocycles. The maximum absolute atomic E-state index is 11.7. The Morgan fingerprint density at radius 2 is 1.89 bits per heavy atom. The Bertz CT molecular complexity index is 435. The zero-order chi connectivity index (χ0) is 13.0. The average molecular weight is 272 g/mol. The Hall–Kier alpha value is -1.59. The molecule has 5 nitrogen and oxygen atoms in total. The molecule has 1 aromatic carbocycles. The summed E-state index contributed by atoms with van der Waals surface area (Å²) in [5.41, 5.74) is 11.7. The van der Waals surface area contributed by atoms with Gasteiger partial charge in [0.25, 0.3) is 0 Å². The minimum absolute atomic E-state index is 0. The van der Waals surface area contributed by atoms with Crippen LogP contribution in [0.25, 0.3) is 0 Å². The fourth-order valence-corrected chi connectivity index (χ4v) is 1.28. The second-order valence-electron chi connectivity index (χ2n) is 4.20. The molecular weight excluding hydrogens is 254 g/mol. The topological polar surface area (TPSA) is 98.2 Å². The van der Waals surface area contributed by atoms with E-state index in [0.717, 1.165) is 0 Å². The van der Waals surface area contributed by atoms with Gasteiger partial charge in [-0.25, -0.2) is 0 Å². The first-order valence-electron chi connectivity index (χ1n) is 5.38. The Labute approximate surface area is 112 Å². The molecule has 0 unspecified atom stereocenters. The fourth-order valence-electron chi connectivity index (χ4n) is 1.28. The lowest BCUT2D eigenvalue weighted by atomic mass is 10.0. The van der Waals surface area contributed by atoms with Gasteiger partial charge in [0, 0.05) is 11.3 Å². The van der Waals surface area contributed by atoms with E-state index >= 15 is 0 Å². The third-order valence-corrected chi connectivity index (χ3v) is 2.44. The number of nitrogens with one attached hydrogen (secondary N) is 1. The third kappa shape index (κ3) is 4.35. The van der Waals surface area contributed by atoms with Gasteiger partial charge in [0.05, 0.1) is 6.04 Å². The smallest absolute Gasteiger partial charge is 0.248 e. The lowest BCUT2D eigenvalue weighted by Gasteiger charge is -2.15. The van der Waals surface area contributed by atoms with Gasteiger partial charge in [-0.2, -0.15) is 0 Å². The van der Waals surface area contributed by atoms with Gasteiger partial charge in [-0.1, -0.05) is 19.9 Å². The van der Waals surface area contributed by atoms with E-state index in [1.807, 2.05) is 13.8 Å². The Morgan fingerprint density at radius 3 is 2.39 bits per heavy atom. The summed E-state index contributed by atoms with van der Waals surface area (Å²) >= 11 is 0. The minimum atomic E-state index is -0.577. The maximum Gasteiger partial charge on any atom is 0.248 e. The number of hydrogen-bond donors (Lipinski definition) is 3. The van der Waals surface area contributed by atoms with E-state index in [1.54, 1.807) is 18.2 Å². The van der Waals surface area contributed by atoms with Crippen molar-refractivity contribution >= 4 is 29.9 Å². The number of nitrogens with two attached hydrogens (primary N) is 2. The van der Waals surface area contributed by atoms with E-state index in [2.05, 4.69) is 5.32 Å². The second-order valence-corrected chi connectivity index (χ2v) is 4.20. The zero-order valence-electron chi connectivity index (χ0n) is 10.3. The molecule has 18 heavy (non-hydrogen) atoms. The predicted molar refractivity (Wildman–Crippen MR) is 73.7 cm³/mol. The average Bonchev–Trinajstić information content (AvgIpc) is 2.28. The molecule has 0 heterocycles. The molecule has 0 spiro atoms. The molecule has 2 amide bonds. The lowest BCUT2D eigenvalue weighted by molar-refractivity contribution is -0.118. The first-order valence-corrected chi connectivity index (χ1v) is 5.38. The van der Waals surface area contributed by atoms with Crippen molar-refractivity contribution in [3.8, 4) is 0 Å². The quantitative estimate of drug-likeness (QED) is 0.765. The molecular formula is C12H18ClN3O2. The van der Waals surface area contributed by atoms with E-state index in [0.29, 0.717) is 11.3 Å². The van der Waals surface area contributed by atoms with Crippen molar-refractivity contribution in [3.05, 3.63) is 29.8 Å². The highest BCUT2D eigenvalue weighted by Gasteiger charge is 2.17. The highest BCUT2D eigenvalue weighted by atomic mass is 35.5. The van der Waals surface area contributed by atoms with Crippen LogP contribution in [-0.4, -0.2) is 17.9 Å². The van der Waals surface area contributed by atoms with Crippen molar-refractivity contribution in [2.75, 3.05) is 5.32 Å². The lowest BCUT2D eigenvalue weighted by Crippen LogP contribution is -2.39. The first-order chi connectivity index (χ1) is 7.91. The summed E-state index contributed by atoms with van der Waals surface area (Å²) in [4.78, 5) is 22.6. The summed E-state index contributed by atoms with van der Waals surface area (Å²) in [5.74, 6) is -0.759. The van der Waals surface area contributed by atoms with Crippen molar-refractivity contribution in [3.63, 3.8) is 0 Å². The van der Waals surface area contributed by atoms with Gasteiger partial charge in [-0.05, 0) is 24.1 Å². The van der Waals surface area contributed by atoms with Crippen LogP contribution in [0, 0.1) is 5.92 Å². The van der Waals surface area contributed by atoms with Gasteiger partial charge < -0.3 is 16.8 Å². The van der Waals surface area contributed by atoms with Crippen molar-refractivity contribution in [1.82, 2.24) is 0 Å². The Morgan fingerprint density at radius 1 is 1.28 bits per heavy atom. The summed E-state index contributed by atoms with van der Waals surface area (Å²) in [5, 5.41) is 2.65. The van der Waals surface area contributed by atoms with E-state index < -0.39 is 11.9 Å². The number of carbonyl (C=O) groups is 2. The van der Waals surface area contributed by atoms with Crippen molar-refractivity contribution < 1.29 is 9.59 Å². The predicted octanol–water partition coefficient (Wildman–Crippen LogP) is 1.13. The van der Waals surface area contributed by atoms with Crippen LogP contribution in [0.5, 0.6) is 0 Å². The number of hydrogen-bond acceptors (Lipinski definition) is 3. The largest absolute Gasteiger partial charge is 0.366 e. The van der Waals surface area contributed by atoms with Gasteiger partial charge >= 0.3 is 0 Å². The van der Waals surface area contributed by atoms with Gasteiger partial charge in [0.1, 0.15) is 0 Å². The molecule has 1 aromatic rings. The zero-order valence-corrected chi connectivity index (χ0v) is 11.2. The molecule has 0 aliphatic heterocycles. The van der Waals surface area contributed by atoms with Crippen LogP contribution in [0.3, 0.4) is 0 Å². The Balaban J connectivity index is 0.00000289. The van der Waals surface area contributed by atoms with Crippen LogP contribution in [0.2, 0.25) is 0 Å². The molecule has 0 aromatic heterocycles. The highest BCUT2D eigenvalue weighted by Crippen LogP contribution is 2.11. The van der Waals surface area contributed by atoms with Crippen LogP contribution in [0.15, 0.2) is 24.3 Å². The van der Waals surface area contributed by atoms with E-state index in [-0.39, 0.29) is 24.2 Å². The van der Waals surface area contributed by atoms with Crippen molar-refractivity contribution in [2.24, 2.45) is 17.4 Å². The standard InChI is InChI=1S/C12H17N3O2.ClH/c1-7(2)10(13)12(17)15-9-5-3-4-8(6-9)11(14)16;/h3-7,10H,13H2,1-2H3,(H2,14,16)(H,15,17);1H/t10-;/m0./s1. The van der Waals surface area contributed by atoms with Crippen LogP contribution in [-0.2, 0) is 4.79 Å². The number of carbonyl (C=O) groups excluding carboxylic acids is 2. The number of amides is 2. The summed E-state index contributed by atoms with van der Waals surface area (Å²) < 4.78 is 0. The van der Waals surface area contributed by atoms with Crippen LogP contribution in [0.4, 0.5) is 5.69 Å². The normalized spacial score (nSPS) is 11.6. The third-order valence-electron chi connectivity index (χ3n) is 2.44. The molecule has 0 fully saturated rings. The fraction of sp³-hybridized carbons (Fsp3) is 0.333. The summed E-state index contributed by atoms with van der Waals surface area (Å²) in [6, 6.07) is 5.86. The number of halogens is 1. The SMILES string of the molecule is CC(C)[C@H](N)C(=O)Nc1cccc(C(N)=O)c1.Cl. The summed E-state index contributed by atoms with van der Waals surface area (Å²) in [6.07, 6.45) is 0. The summed E-state index contributed by atoms with van der Waals surface area (Å²) in [6.45, 7) is 3.73. The molecule has 1 rings (SSSR count). The highest BCUT2D eigenvalue weighted by molar-refractivity contribution is 5.97. The van der Waals surface area contributed by atoms with E-state index in [9.17, 15) is 9.59 Å². The van der Waals surface area contributed by atoms with E-state index in [4.69, 9.17) is 11.5 Å². The number of anilines is 1. The second kappa shape index (κ2) is 6.98. The van der Waals surface area contributed by atoms with Crippen LogP contribution < -0.4 is 16.8 Å². The van der Waals surface area contributed by atoms with Gasteiger partial charge in [-0.3, -0.25) is 9.59 Å². The Kier molecular flexibility index (Phi) is 6.36. The first kappa shape index (κ1) is 16.4. The molecule has 100 valence electrons. The number of primary amides is 1. The maximum atomic E-state index is 11.7. The van der Waals surface area contributed by atoms with Crippen LogP contribution in [0.1, 0.15) is 24.2 Å². The van der Waals surface area contributed by atoms with Gasteiger partial charge in [0.15, 0.2) is 0 Å². The molecule has 1 atom stereocenters. The van der Waals surface area contributed by atoms with E-state index in [1.165, 1.54) is 6.07 Å². The molecule has 0 saturated carbocycles. The van der Waals surface area contributed by atoms with Gasteiger partial charge in [0.2, 0.25) is 11.8 Å². The van der Waals surface area contributed by atoms with Crippen molar-refractivity contribution in [2.45, 2.75) is 19.9 Å². The molecule has 6 heteroatoms. The number of benzene rings is 1. The minimum Gasteiger partial charge on any atom is -0.366 e. The van der Waals surface area contributed by atoms with Crippen molar-refractivity contribution in [1.29, 1.82) is 0 Å². The summed E-state index contributed by atoms with van der Waals surface area (Å²) in [7, 11) is 0. The molecule has 5 N–H and O–H groups in total. The molecule has 0 saturated heterocycles. The van der Waals surface area contributed by atoms with Gasteiger partial charge in [-0.15, -0.1) is 12.4 Å². The number of rotatable bonds is 4.